The molecule has 0 saturated heterocycles. The van der Waals surface area contributed by atoms with Crippen LogP contribution in [0.25, 0.3) is 0 Å². The minimum atomic E-state index is -0.0672. The average molecular weight is 355 g/mol. The number of hydrogen-bond donors (Lipinski definition) is 0. The van der Waals surface area contributed by atoms with Crippen molar-refractivity contribution in [2.45, 2.75) is 6.92 Å². The molecule has 0 fully saturated rings. The van der Waals surface area contributed by atoms with Crippen molar-refractivity contribution >= 4 is 37.6 Å². The van der Waals surface area contributed by atoms with Crippen LogP contribution < -0.4 is 0 Å². The first-order chi connectivity index (χ1) is 8.09. The maximum Gasteiger partial charge on any atom is 0.212 e. The van der Waals surface area contributed by atoms with Crippen molar-refractivity contribution in [3.05, 3.63) is 62.3 Å². The maximum atomic E-state index is 12.3. The molecule has 1 aromatic heterocycles. The molecule has 2 aromatic rings. The van der Waals surface area contributed by atoms with Crippen LogP contribution in [0.3, 0.4) is 0 Å². The molecule has 17 heavy (non-hydrogen) atoms. The second-order valence-electron chi connectivity index (χ2n) is 3.63. The highest BCUT2D eigenvalue weighted by Gasteiger charge is 2.15. The zero-order valence-corrected chi connectivity index (χ0v) is 12.2. The lowest BCUT2D eigenvalue weighted by molar-refractivity contribution is 0.103. The van der Waals surface area contributed by atoms with E-state index in [2.05, 4.69) is 36.8 Å². The summed E-state index contributed by atoms with van der Waals surface area (Å²) in [6.07, 6.45) is 1.62. The summed E-state index contributed by atoms with van der Waals surface area (Å²) in [5, 5.41) is 0. The van der Waals surface area contributed by atoms with Crippen LogP contribution in [0.15, 0.2) is 45.5 Å². The Morgan fingerprint density at radius 3 is 2.59 bits per heavy atom. The van der Waals surface area contributed by atoms with Gasteiger partial charge in [-0.05, 0) is 50.4 Å². The third-order valence-corrected chi connectivity index (χ3v) is 3.45. The number of pyridine rings is 1. The number of aryl methyl sites for hydroxylation is 1. The Morgan fingerprint density at radius 2 is 1.94 bits per heavy atom. The zero-order valence-electron chi connectivity index (χ0n) is 9.08. The van der Waals surface area contributed by atoms with Gasteiger partial charge in [0.25, 0.3) is 0 Å². The predicted molar refractivity (Wildman–Crippen MR) is 74.2 cm³/mol. The summed E-state index contributed by atoms with van der Waals surface area (Å²) < 4.78 is 1.53. The molecule has 0 atom stereocenters. The van der Waals surface area contributed by atoms with Gasteiger partial charge in [-0.2, -0.15) is 0 Å². The third-order valence-electron chi connectivity index (χ3n) is 2.41. The first kappa shape index (κ1) is 12.5. The molecule has 0 N–H and O–H groups in total. The Hall–Kier alpha value is -1.00. The molecule has 4 heteroatoms. The quantitative estimate of drug-likeness (QED) is 0.758. The van der Waals surface area contributed by atoms with Gasteiger partial charge in [-0.1, -0.05) is 24.3 Å². The molecule has 1 aromatic carbocycles. The van der Waals surface area contributed by atoms with Crippen LogP contribution in [-0.4, -0.2) is 10.8 Å². The molecule has 0 bridgehead atoms. The molecular formula is C13H9Br2NO. The van der Waals surface area contributed by atoms with Crippen LogP contribution in [-0.2, 0) is 0 Å². The monoisotopic (exact) mass is 353 g/mol. The van der Waals surface area contributed by atoms with Crippen LogP contribution in [0.2, 0.25) is 0 Å². The molecule has 0 saturated carbocycles. The van der Waals surface area contributed by atoms with Gasteiger partial charge in [0.1, 0.15) is 5.69 Å². The number of halogens is 2. The van der Waals surface area contributed by atoms with E-state index in [0.717, 1.165) is 10.0 Å². The Morgan fingerprint density at radius 1 is 1.24 bits per heavy atom. The van der Waals surface area contributed by atoms with Crippen LogP contribution in [0.1, 0.15) is 21.6 Å². The van der Waals surface area contributed by atoms with E-state index in [1.165, 1.54) is 0 Å². The molecule has 0 aliphatic carbocycles. The molecule has 2 rings (SSSR count). The van der Waals surface area contributed by atoms with Crippen LogP contribution >= 0.6 is 31.9 Å². The predicted octanol–water partition coefficient (Wildman–Crippen LogP) is 4.15. The van der Waals surface area contributed by atoms with E-state index < -0.39 is 0 Å². The number of nitrogens with zero attached hydrogens (tertiary/aromatic N) is 1. The summed E-state index contributed by atoms with van der Waals surface area (Å²) in [5.74, 6) is -0.0672. The van der Waals surface area contributed by atoms with Crippen molar-refractivity contribution in [2.75, 3.05) is 0 Å². The van der Waals surface area contributed by atoms with E-state index in [1.54, 1.807) is 6.20 Å². The molecule has 0 radical (unpaired) electrons. The van der Waals surface area contributed by atoms with Gasteiger partial charge in [0.15, 0.2) is 0 Å². The largest absolute Gasteiger partial charge is 0.287 e. The van der Waals surface area contributed by atoms with Crippen LogP contribution in [0.4, 0.5) is 0 Å². The highest BCUT2D eigenvalue weighted by molar-refractivity contribution is 9.11. The van der Waals surface area contributed by atoms with Crippen LogP contribution in [0, 0.1) is 6.92 Å². The lowest BCUT2D eigenvalue weighted by Gasteiger charge is -2.05. The zero-order chi connectivity index (χ0) is 12.4. The number of carbonyl (C=O) groups excluding carboxylic acids is 1. The average Bonchev–Trinajstić information content (AvgIpc) is 2.29. The van der Waals surface area contributed by atoms with E-state index in [-0.39, 0.29) is 5.78 Å². The van der Waals surface area contributed by atoms with Crippen molar-refractivity contribution in [1.29, 1.82) is 0 Å². The third kappa shape index (κ3) is 2.64. The Labute approximate surface area is 116 Å². The van der Waals surface area contributed by atoms with E-state index >= 15 is 0 Å². The second kappa shape index (κ2) is 5.10. The van der Waals surface area contributed by atoms with Gasteiger partial charge in [0, 0.05) is 20.7 Å². The number of benzene rings is 1. The lowest BCUT2D eigenvalue weighted by atomic mass is 10.0. The van der Waals surface area contributed by atoms with Crippen molar-refractivity contribution < 1.29 is 4.79 Å². The van der Waals surface area contributed by atoms with Gasteiger partial charge < -0.3 is 0 Å². The minimum absolute atomic E-state index is 0.0672. The molecule has 0 amide bonds. The topological polar surface area (TPSA) is 30.0 Å². The normalized spacial score (nSPS) is 10.3. The smallest absolute Gasteiger partial charge is 0.212 e. The summed E-state index contributed by atoms with van der Waals surface area (Å²) in [5.41, 5.74) is 2.07. The SMILES string of the molecule is Cc1ccccc1C(=O)c1ncc(Br)cc1Br. The fraction of sp³-hybridized carbons (Fsp3) is 0.0769. The molecule has 0 unspecified atom stereocenters. The van der Waals surface area contributed by atoms with E-state index in [9.17, 15) is 4.79 Å². The molecular weight excluding hydrogens is 346 g/mol. The fourth-order valence-electron chi connectivity index (χ4n) is 1.54. The molecule has 0 aliphatic rings. The van der Waals surface area contributed by atoms with Gasteiger partial charge >= 0.3 is 0 Å². The van der Waals surface area contributed by atoms with Crippen molar-refractivity contribution in [3.8, 4) is 0 Å². The van der Waals surface area contributed by atoms with Crippen molar-refractivity contribution in [3.63, 3.8) is 0 Å². The molecule has 86 valence electrons. The second-order valence-corrected chi connectivity index (χ2v) is 5.40. The molecule has 0 aliphatic heterocycles. The van der Waals surface area contributed by atoms with E-state index in [0.29, 0.717) is 15.7 Å². The van der Waals surface area contributed by atoms with Gasteiger partial charge in [0.05, 0.1) is 0 Å². The fourth-order valence-corrected chi connectivity index (χ4v) is 2.70. The highest BCUT2D eigenvalue weighted by atomic mass is 79.9. The van der Waals surface area contributed by atoms with Gasteiger partial charge in [-0.15, -0.1) is 0 Å². The first-order valence-electron chi connectivity index (χ1n) is 5.01. The summed E-state index contributed by atoms with van der Waals surface area (Å²) >= 11 is 6.67. The molecule has 0 spiro atoms. The first-order valence-corrected chi connectivity index (χ1v) is 6.59. The summed E-state index contributed by atoms with van der Waals surface area (Å²) in [6.45, 7) is 1.92. The summed E-state index contributed by atoms with van der Waals surface area (Å²) in [7, 11) is 0. The van der Waals surface area contributed by atoms with Crippen molar-refractivity contribution in [1.82, 2.24) is 4.98 Å². The Kier molecular flexibility index (Phi) is 3.74. The standard InChI is InChI=1S/C13H9Br2NO/c1-8-4-2-3-5-10(8)13(17)12-11(15)6-9(14)7-16-12/h2-7H,1H3. The number of hydrogen-bond acceptors (Lipinski definition) is 2. The van der Waals surface area contributed by atoms with E-state index in [1.807, 2.05) is 37.3 Å². The van der Waals surface area contributed by atoms with Gasteiger partial charge in [0.2, 0.25) is 5.78 Å². The van der Waals surface area contributed by atoms with Crippen LogP contribution in [0.5, 0.6) is 0 Å². The number of rotatable bonds is 2. The van der Waals surface area contributed by atoms with E-state index in [4.69, 9.17) is 0 Å². The number of aromatic nitrogens is 1. The maximum absolute atomic E-state index is 12.3. The minimum Gasteiger partial charge on any atom is -0.287 e. The summed E-state index contributed by atoms with van der Waals surface area (Å²) in [4.78, 5) is 16.4. The van der Waals surface area contributed by atoms with Crippen molar-refractivity contribution in [2.24, 2.45) is 0 Å². The number of carbonyl (C=O) groups is 1. The van der Waals surface area contributed by atoms with Gasteiger partial charge in [-0.3, -0.25) is 9.78 Å². The summed E-state index contributed by atoms with van der Waals surface area (Å²) in [6, 6.07) is 9.31. The lowest BCUT2D eigenvalue weighted by Crippen LogP contribution is -2.06. The Balaban J connectivity index is 2.48. The molecule has 2 nitrogen and oxygen atoms in total. The Bertz CT molecular complexity index is 581. The highest BCUT2D eigenvalue weighted by Crippen LogP contribution is 2.22. The van der Waals surface area contributed by atoms with Gasteiger partial charge in [-0.25, -0.2) is 0 Å². The molecule has 1 heterocycles. The number of ketones is 1.